The number of thioether (sulfide) groups is 1. The summed E-state index contributed by atoms with van der Waals surface area (Å²) in [5, 5.41) is 9.31. The smallest absolute Gasteiger partial charge is 0.102 e. The van der Waals surface area contributed by atoms with E-state index in [-0.39, 0.29) is 5.44 Å². The van der Waals surface area contributed by atoms with Crippen LogP contribution in [0.1, 0.15) is 20.3 Å². The fourth-order valence-electron chi connectivity index (χ4n) is 1.07. The zero-order valence-corrected chi connectivity index (χ0v) is 6.82. The number of aliphatic hydroxyl groups is 1. The Labute approximate surface area is 60.8 Å². The lowest BCUT2D eigenvalue weighted by Crippen LogP contribution is -2.26. The zero-order valence-electron chi connectivity index (χ0n) is 6.00. The maximum absolute atomic E-state index is 9.31. The van der Waals surface area contributed by atoms with Crippen LogP contribution in [0.2, 0.25) is 0 Å². The SMILES string of the molecule is C[C@@H]1CCSC(O)[C@H]1C. The molecule has 0 bridgehead atoms. The summed E-state index contributed by atoms with van der Waals surface area (Å²) in [5.41, 5.74) is -0.103. The van der Waals surface area contributed by atoms with E-state index in [1.165, 1.54) is 6.42 Å². The Morgan fingerprint density at radius 2 is 2.11 bits per heavy atom. The van der Waals surface area contributed by atoms with Gasteiger partial charge in [-0.1, -0.05) is 13.8 Å². The third-order valence-corrected chi connectivity index (χ3v) is 3.45. The van der Waals surface area contributed by atoms with E-state index in [0.29, 0.717) is 11.8 Å². The van der Waals surface area contributed by atoms with Gasteiger partial charge in [-0.2, -0.15) is 0 Å². The Balaban J connectivity index is 2.41. The maximum Gasteiger partial charge on any atom is 0.102 e. The summed E-state index contributed by atoms with van der Waals surface area (Å²) in [6, 6.07) is 0. The lowest BCUT2D eigenvalue weighted by molar-refractivity contribution is 0.154. The molecule has 3 atom stereocenters. The molecule has 0 spiro atoms. The average molecular weight is 146 g/mol. The van der Waals surface area contributed by atoms with E-state index in [1.54, 1.807) is 11.8 Å². The van der Waals surface area contributed by atoms with Crippen LogP contribution >= 0.6 is 11.8 Å². The fraction of sp³-hybridized carbons (Fsp3) is 1.00. The van der Waals surface area contributed by atoms with E-state index in [9.17, 15) is 5.11 Å². The van der Waals surface area contributed by atoms with Gasteiger partial charge in [-0.05, 0) is 24.0 Å². The second-order valence-corrected chi connectivity index (χ2v) is 4.11. The van der Waals surface area contributed by atoms with E-state index in [0.717, 1.165) is 5.75 Å². The van der Waals surface area contributed by atoms with Gasteiger partial charge in [-0.15, -0.1) is 11.8 Å². The zero-order chi connectivity index (χ0) is 6.85. The molecule has 0 amide bonds. The van der Waals surface area contributed by atoms with Crippen molar-refractivity contribution >= 4 is 11.8 Å². The lowest BCUT2D eigenvalue weighted by atomic mass is 9.94. The molecule has 54 valence electrons. The highest BCUT2D eigenvalue weighted by Crippen LogP contribution is 2.32. The van der Waals surface area contributed by atoms with E-state index in [2.05, 4.69) is 13.8 Å². The van der Waals surface area contributed by atoms with Crippen LogP contribution in [-0.4, -0.2) is 16.3 Å². The van der Waals surface area contributed by atoms with E-state index in [4.69, 9.17) is 0 Å². The third-order valence-electron chi connectivity index (χ3n) is 2.21. The van der Waals surface area contributed by atoms with Crippen molar-refractivity contribution in [2.24, 2.45) is 11.8 Å². The van der Waals surface area contributed by atoms with Crippen molar-refractivity contribution in [1.29, 1.82) is 0 Å². The topological polar surface area (TPSA) is 20.2 Å². The Bertz CT molecular complexity index is 84.9. The molecule has 1 nitrogen and oxygen atoms in total. The van der Waals surface area contributed by atoms with Crippen molar-refractivity contribution in [3.05, 3.63) is 0 Å². The lowest BCUT2D eigenvalue weighted by Gasteiger charge is -2.29. The van der Waals surface area contributed by atoms with Crippen LogP contribution in [0, 0.1) is 11.8 Å². The summed E-state index contributed by atoms with van der Waals surface area (Å²) >= 11 is 1.69. The molecule has 1 saturated heterocycles. The molecule has 0 saturated carbocycles. The van der Waals surface area contributed by atoms with Crippen LogP contribution in [0.25, 0.3) is 0 Å². The van der Waals surface area contributed by atoms with Gasteiger partial charge in [0.15, 0.2) is 0 Å². The molecule has 0 aromatic rings. The standard InChI is InChI=1S/C7H14OS/c1-5-3-4-9-7(8)6(5)2/h5-8H,3-4H2,1-2H3/t5-,6+,7?/m1/s1. The first-order valence-electron chi connectivity index (χ1n) is 3.51. The van der Waals surface area contributed by atoms with Gasteiger partial charge in [0.05, 0.1) is 0 Å². The van der Waals surface area contributed by atoms with Crippen LogP contribution < -0.4 is 0 Å². The summed E-state index contributed by atoms with van der Waals surface area (Å²) < 4.78 is 0. The minimum atomic E-state index is -0.103. The van der Waals surface area contributed by atoms with Crippen LogP contribution in [-0.2, 0) is 0 Å². The second kappa shape index (κ2) is 2.93. The van der Waals surface area contributed by atoms with Crippen LogP contribution in [0.4, 0.5) is 0 Å². The largest absolute Gasteiger partial charge is 0.382 e. The van der Waals surface area contributed by atoms with Crippen molar-refractivity contribution in [2.75, 3.05) is 5.75 Å². The summed E-state index contributed by atoms with van der Waals surface area (Å²) in [5.74, 6) is 2.33. The Hall–Kier alpha value is 0.310. The monoisotopic (exact) mass is 146 g/mol. The number of hydrogen-bond acceptors (Lipinski definition) is 2. The normalized spacial score (nSPS) is 45.0. The predicted molar refractivity (Wildman–Crippen MR) is 41.4 cm³/mol. The quantitative estimate of drug-likeness (QED) is 0.561. The minimum Gasteiger partial charge on any atom is -0.382 e. The van der Waals surface area contributed by atoms with Gasteiger partial charge < -0.3 is 5.11 Å². The van der Waals surface area contributed by atoms with Crippen molar-refractivity contribution in [3.63, 3.8) is 0 Å². The van der Waals surface area contributed by atoms with Crippen LogP contribution in [0.15, 0.2) is 0 Å². The van der Waals surface area contributed by atoms with Crippen molar-refractivity contribution in [3.8, 4) is 0 Å². The molecule has 1 unspecified atom stereocenters. The molecule has 9 heavy (non-hydrogen) atoms. The van der Waals surface area contributed by atoms with Gasteiger partial charge in [-0.3, -0.25) is 0 Å². The molecule has 2 heteroatoms. The molecule has 1 heterocycles. The minimum absolute atomic E-state index is 0.103. The molecular formula is C7H14OS. The van der Waals surface area contributed by atoms with Crippen molar-refractivity contribution < 1.29 is 5.11 Å². The highest BCUT2D eigenvalue weighted by Gasteiger charge is 2.25. The fourth-order valence-corrected chi connectivity index (χ4v) is 2.39. The second-order valence-electron chi connectivity index (χ2n) is 2.89. The molecule has 0 aromatic heterocycles. The van der Waals surface area contributed by atoms with E-state index in [1.807, 2.05) is 0 Å². The maximum atomic E-state index is 9.31. The molecule has 0 aromatic carbocycles. The number of rotatable bonds is 0. The van der Waals surface area contributed by atoms with E-state index >= 15 is 0 Å². The Morgan fingerprint density at radius 1 is 1.44 bits per heavy atom. The first-order chi connectivity index (χ1) is 4.22. The highest BCUT2D eigenvalue weighted by atomic mass is 32.2. The van der Waals surface area contributed by atoms with Gasteiger partial charge in [0, 0.05) is 0 Å². The van der Waals surface area contributed by atoms with E-state index < -0.39 is 0 Å². The van der Waals surface area contributed by atoms with Gasteiger partial charge in [0.2, 0.25) is 0 Å². The number of hydrogen-bond donors (Lipinski definition) is 1. The molecule has 1 aliphatic heterocycles. The van der Waals surface area contributed by atoms with Crippen LogP contribution in [0.5, 0.6) is 0 Å². The summed E-state index contributed by atoms with van der Waals surface area (Å²) in [6.45, 7) is 4.34. The summed E-state index contributed by atoms with van der Waals surface area (Å²) in [4.78, 5) is 0. The van der Waals surface area contributed by atoms with Crippen molar-refractivity contribution in [2.45, 2.75) is 25.7 Å². The van der Waals surface area contributed by atoms with Crippen molar-refractivity contribution in [1.82, 2.24) is 0 Å². The molecule has 1 aliphatic rings. The Kier molecular flexibility index (Phi) is 2.42. The first-order valence-corrected chi connectivity index (χ1v) is 4.56. The molecular weight excluding hydrogens is 132 g/mol. The first kappa shape index (κ1) is 7.42. The molecule has 0 aliphatic carbocycles. The van der Waals surface area contributed by atoms with Gasteiger partial charge >= 0.3 is 0 Å². The third kappa shape index (κ3) is 1.62. The summed E-state index contributed by atoms with van der Waals surface area (Å²) in [7, 11) is 0. The molecule has 1 fully saturated rings. The van der Waals surface area contributed by atoms with Gasteiger partial charge in [0.25, 0.3) is 0 Å². The van der Waals surface area contributed by atoms with Crippen LogP contribution in [0.3, 0.4) is 0 Å². The summed E-state index contributed by atoms with van der Waals surface area (Å²) in [6.07, 6.45) is 1.27. The van der Waals surface area contributed by atoms with Gasteiger partial charge in [0.1, 0.15) is 5.44 Å². The predicted octanol–water partition coefficient (Wildman–Crippen LogP) is 1.71. The molecule has 1 rings (SSSR count). The Morgan fingerprint density at radius 3 is 2.56 bits per heavy atom. The average Bonchev–Trinajstić information content (AvgIpc) is 1.83. The van der Waals surface area contributed by atoms with Gasteiger partial charge in [-0.25, -0.2) is 0 Å². The molecule has 0 radical (unpaired) electrons. The molecule has 1 N–H and O–H groups in total. The highest BCUT2D eigenvalue weighted by molar-refractivity contribution is 7.99. The number of aliphatic hydroxyl groups excluding tert-OH is 1.